The molecule has 0 N–H and O–H groups in total. The summed E-state index contributed by atoms with van der Waals surface area (Å²) in [5.74, 6) is 2.01. The van der Waals surface area contributed by atoms with Crippen molar-refractivity contribution in [2.45, 2.75) is 20.8 Å². The number of methoxy groups -OCH3 is 1. The molecule has 0 atom stereocenters. The topological polar surface area (TPSA) is 67.8 Å². The third-order valence-electron chi connectivity index (χ3n) is 6.08. The van der Waals surface area contributed by atoms with Crippen LogP contribution in [0.25, 0.3) is 11.3 Å². The van der Waals surface area contributed by atoms with Crippen molar-refractivity contribution in [1.29, 1.82) is 0 Å². The van der Waals surface area contributed by atoms with Gasteiger partial charge < -0.3 is 19.3 Å². The summed E-state index contributed by atoms with van der Waals surface area (Å²) in [6.07, 6.45) is 0. The molecule has 33 heavy (non-hydrogen) atoms. The van der Waals surface area contributed by atoms with Crippen LogP contribution in [0.1, 0.15) is 16.7 Å². The van der Waals surface area contributed by atoms with Crippen LogP contribution in [-0.2, 0) is 4.79 Å². The van der Waals surface area contributed by atoms with Gasteiger partial charge in [0.2, 0.25) is 0 Å². The number of ether oxygens (including phenoxy) is 2. The highest BCUT2D eigenvalue weighted by Gasteiger charge is 2.23. The van der Waals surface area contributed by atoms with Gasteiger partial charge in [-0.2, -0.15) is 0 Å². The van der Waals surface area contributed by atoms with Gasteiger partial charge in [0.1, 0.15) is 0 Å². The molecule has 1 aromatic heterocycles. The Kier molecular flexibility index (Phi) is 6.77. The van der Waals surface area contributed by atoms with Crippen LogP contribution in [0, 0.1) is 20.8 Å². The van der Waals surface area contributed by atoms with Crippen LogP contribution < -0.4 is 14.4 Å². The first-order chi connectivity index (χ1) is 15.9. The minimum atomic E-state index is -0.0338. The maximum atomic E-state index is 12.6. The summed E-state index contributed by atoms with van der Waals surface area (Å²) in [4.78, 5) is 16.6. The molecule has 0 spiro atoms. The van der Waals surface area contributed by atoms with Crippen LogP contribution in [0.5, 0.6) is 11.5 Å². The predicted octanol–water partition coefficient (Wildman–Crippen LogP) is 3.81. The summed E-state index contributed by atoms with van der Waals surface area (Å²) >= 11 is 0. The predicted molar refractivity (Wildman–Crippen MR) is 129 cm³/mol. The first-order valence-corrected chi connectivity index (χ1v) is 11.2. The monoisotopic (exact) mass is 446 g/mol. The number of anilines is 1. The van der Waals surface area contributed by atoms with Gasteiger partial charge in [-0.3, -0.25) is 4.79 Å². The summed E-state index contributed by atoms with van der Waals surface area (Å²) in [7, 11) is 1.60. The van der Waals surface area contributed by atoms with Gasteiger partial charge in [-0.1, -0.05) is 18.2 Å². The molecule has 1 aliphatic rings. The highest BCUT2D eigenvalue weighted by Crippen LogP contribution is 2.28. The van der Waals surface area contributed by atoms with E-state index in [4.69, 9.17) is 9.47 Å². The van der Waals surface area contributed by atoms with Gasteiger partial charge in [0.05, 0.1) is 12.8 Å². The van der Waals surface area contributed by atoms with Gasteiger partial charge in [-0.05, 0) is 67.8 Å². The number of rotatable bonds is 6. The lowest BCUT2D eigenvalue weighted by molar-refractivity contribution is -0.133. The Morgan fingerprint density at radius 2 is 1.67 bits per heavy atom. The molecule has 1 aliphatic heterocycles. The normalized spacial score (nSPS) is 13.7. The molecule has 0 aliphatic carbocycles. The van der Waals surface area contributed by atoms with Crippen molar-refractivity contribution >= 4 is 11.7 Å². The van der Waals surface area contributed by atoms with E-state index in [0.29, 0.717) is 37.7 Å². The highest BCUT2D eigenvalue weighted by atomic mass is 16.5. The Morgan fingerprint density at radius 1 is 0.879 bits per heavy atom. The second-order valence-corrected chi connectivity index (χ2v) is 8.39. The second kappa shape index (κ2) is 9.90. The molecule has 1 fully saturated rings. The fraction of sp³-hybridized carbons (Fsp3) is 0.346. The van der Waals surface area contributed by atoms with E-state index in [9.17, 15) is 4.79 Å². The van der Waals surface area contributed by atoms with E-state index in [1.807, 2.05) is 42.2 Å². The molecule has 0 radical (unpaired) electrons. The molecule has 1 saturated heterocycles. The van der Waals surface area contributed by atoms with Gasteiger partial charge in [-0.15, -0.1) is 10.2 Å². The zero-order valence-electron chi connectivity index (χ0n) is 19.7. The standard InChI is InChI=1S/C26H30N4O3/c1-18-5-9-23(24(15-18)32-4)33-17-26(31)30-13-11-29(12-14-30)25-10-8-22(27-28-25)21-7-6-19(2)20(3)16-21/h5-10,15-16H,11-14,17H2,1-4H3. The Labute approximate surface area is 195 Å². The van der Waals surface area contributed by atoms with Crippen molar-refractivity contribution in [2.24, 2.45) is 0 Å². The number of nitrogens with zero attached hydrogens (tertiary/aromatic N) is 4. The second-order valence-electron chi connectivity index (χ2n) is 8.39. The number of hydrogen-bond donors (Lipinski definition) is 0. The van der Waals surface area contributed by atoms with Crippen molar-refractivity contribution in [3.63, 3.8) is 0 Å². The van der Waals surface area contributed by atoms with Crippen molar-refractivity contribution in [1.82, 2.24) is 15.1 Å². The molecule has 2 heterocycles. The summed E-state index contributed by atoms with van der Waals surface area (Å²) in [6, 6.07) is 16.0. The fourth-order valence-electron chi connectivity index (χ4n) is 3.86. The van der Waals surface area contributed by atoms with Gasteiger partial charge in [0.15, 0.2) is 23.9 Å². The van der Waals surface area contributed by atoms with Crippen LogP contribution in [-0.4, -0.2) is 60.9 Å². The molecular weight excluding hydrogens is 416 g/mol. The van der Waals surface area contributed by atoms with Crippen molar-refractivity contribution < 1.29 is 14.3 Å². The molecule has 3 aromatic rings. The average Bonchev–Trinajstić information content (AvgIpc) is 2.85. The van der Waals surface area contributed by atoms with E-state index in [1.165, 1.54) is 11.1 Å². The first kappa shape index (κ1) is 22.6. The zero-order chi connectivity index (χ0) is 23.4. The molecule has 0 bridgehead atoms. The van der Waals surface area contributed by atoms with Crippen LogP contribution in [0.4, 0.5) is 5.82 Å². The van der Waals surface area contributed by atoms with Crippen molar-refractivity contribution in [3.8, 4) is 22.8 Å². The summed E-state index contributed by atoms with van der Waals surface area (Å²) < 4.78 is 11.1. The van der Waals surface area contributed by atoms with E-state index in [1.54, 1.807) is 7.11 Å². The molecule has 2 aromatic carbocycles. The first-order valence-electron chi connectivity index (χ1n) is 11.2. The Balaban J connectivity index is 1.31. The maximum Gasteiger partial charge on any atom is 0.260 e. The van der Waals surface area contributed by atoms with E-state index < -0.39 is 0 Å². The van der Waals surface area contributed by atoms with E-state index in [2.05, 4.69) is 47.1 Å². The summed E-state index contributed by atoms with van der Waals surface area (Å²) in [5.41, 5.74) is 5.51. The van der Waals surface area contributed by atoms with Crippen molar-refractivity contribution in [2.75, 3.05) is 44.8 Å². The molecule has 4 rings (SSSR count). The number of carbonyl (C=O) groups excluding carboxylic acids is 1. The Morgan fingerprint density at radius 3 is 2.33 bits per heavy atom. The quantitative estimate of drug-likeness (QED) is 0.574. The number of piperazine rings is 1. The number of aromatic nitrogens is 2. The minimum Gasteiger partial charge on any atom is -0.493 e. The van der Waals surface area contributed by atoms with Crippen molar-refractivity contribution in [3.05, 3.63) is 65.2 Å². The Bertz CT molecular complexity index is 1120. The average molecular weight is 447 g/mol. The molecule has 172 valence electrons. The van der Waals surface area contributed by atoms with E-state index in [-0.39, 0.29) is 12.5 Å². The highest BCUT2D eigenvalue weighted by molar-refractivity contribution is 5.78. The largest absolute Gasteiger partial charge is 0.493 e. The summed E-state index contributed by atoms with van der Waals surface area (Å²) in [5, 5.41) is 8.87. The maximum absolute atomic E-state index is 12.6. The fourth-order valence-corrected chi connectivity index (χ4v) is 3.86. The Hall–Kier alpha value is -3.61. The molecule has 7 nitrogen and oxygen atoms in total. The van der Waals surface area contributed by atoms with Gasteiger partial charge in [0.25, 0.3) is 5.91 Å². The van der Waals surface area contributed by atoms with Crippen LogP contribution in [0.15, 0.2) is 48.5 Å². The van der Waals surface area contributed by atoms with Crippen LogP contribution in [0.3, 0.4) is 0 Å². The number of amides is 1. The lowest BCUT2D eigenvalue weighted by Crippen LogP contribution is -2.50. The lowest BCUT2D eigenvalue weighted by Gasteiger charge is -2.35. The number of carbonyl (C=O) groups is 1. The van der Waals surface area contributed by atoms with E-state index >= 15 is 0 Å². The number of benzene rings is 2. The third kappa shape index (κ3) is 5.25. The molecule has 0 saturated carbocycles. The SMILES string of the molecule is COc1cc(C)ccc1OCC(=O)N1CCN(c2ccc(-c3ccc(C)c(C)c3)nn2)CC1. The van der Waals surface area contributed by atoms with Gasteiger partial charge in [-0.25, -0.2) is 0 Å². The van der Waals surface area contributed by atoms with Crippen LogP contribution in [0.2, 0.25) is 0 Å². The summed E-state index contributed by atoms with van der Waals surface area (Å²) in [6.45, 7) is 8.83. The minimum absolute atomic E-state index is 0.0100. The smallest absolute Gasteiger partial charge is 0.260 e. The lowest BCUT2D eigenvalue weighted by atomic mass is 10.0. The van der Waals surface area contributed by atoms with Crippen LogP contribution >= 0.6 is 0 Å². The number of hydrogen-bond acceptors (Lipinski definition) is 6. The molecular formula is C26H30N4O3. The third-order valence-corrected chi connectivity index (χ3v) is 6.08. The van der Waals surface area contributed by atoms with Gasteiger partial charge >= 0.3 is 0 Å². The number of aryl methyl sites for hydroxylation is 3. The molecule has 0 unspecified atom stereocenters. The zero-order valence-corrected chi connectivity index (χ0v) is 19.7. The van der Waals surface area contributed by atoms with Gasteiger partial charge in [0, 0.05) is 31.7 Å². The van der Waals surface area contributed by atoms with E-state index in [0.717, 1.165) is 22.6 Å². The molecule has 1 amide bonds. The molecule has 7 heteroatoms.